The van der Waals surface area contributed by atoms with Gasteiger partial charge < -0.3 is 4.89 Å². The van der Waals surface area contributed by atoms with Gasteiger partial charge in [-0.3, -0.25) is 0 Å². The summed E-state index contributed by atoms with van der Waals surface area (Å²) in [5.41, 5.74) is 4.19. The van der Waals surface area contributed by atoms with Crippen molar-refractivity contribution in [3.8, 4) is 0 Å². The van der Waals surface area contributed by atoms with Crippen LogP contribution in [0, 0.1) is 13.8 Å². The van der Waals surface area contributed by atoms with Crippen molar-refractivity contribution in [3.05, 3.63) is 101 Å². The summed E-state index contributed by atoms with van der Waals surface area (Å²) in [6.45, 7) is 4.06. The molecule has 1 atom stereocenters. The van der Waals surface area contributed by atoms with Crippen LogP contribution in [0.25, 0.3) is 0 Å². The molecule has 0 spiro atoms. The predicted molar refractivity (Wildman–Crippen MR) is 98.6 cm³/mol. The summed E-state index contributed by atoms with van der Waals surface area (Å²) in [4.78, 5) is 13.5. The fourth-order valence-electron chi connectivity index (χ4n) is 2.83. The van der Waals surface area contributed by atoms with Gasteiger partial charge in [0, 0.05) is 11.1 Å². The molecule has 3 aromatic carbocycles. The summed E-state index contributed by atoms with van der Waals surface area (Å²) >= 11 is 0. The van der Waals surface area contributed by atoms with E-state index in [9.17, 15) is 4.89 Å². The molecule has 0 aliphatic heterocycles. The van der Waals surface area contributed by atoms with Crippen molar-refractivity contribution in [2.45, 2.75) is 13.8 Å². The molecule has 1 unspecified atom stereocenters. The summed E-state index contributed by atoms with van der Waals surface area (Å²) in [5.74, 6) is 0. The fraction of sp³-hybridized carbons (Fsp3) is 0.0952. The smallest absolute Gasteiger partial charge is 0.159 e. The first-order valence-corrected chi connectivity index (χ1v) is 8.95. The largest absolute Gasteiger partial charge is 0.625 e. The van der Waals surface area contributed by atoms with Gasteiger partial charge in [0.25, 0.3) is 0 Å². The Morgan fingerprint density at radius 3 is 1.52 bits per heavy atom. The van der Waals surface area contributed by atoms with E-state index < -0.39 is 7.77 Å². The van der Waals surface area contributed by atoms with Gasteiger partial charge in [-0.1, -0.05) is 78.9 Å². The third kappa shape index (κ3) is 3.27. The SMILES string of the molecule is Cc1cccc(C)c1[P+]([O-])=C(c1ccccc1)c1ccccc1. The van der Waals surface area contributed by atoms with Crippen LogP contribution in [0.4, 0.5) is 0 Å². The lowest BCUT2D eigenvalue weighted by Crippen LogP contribution is -2.18. The normalized spacial score (nSPS) is 11.2. The van der Waals surface area contributed by atoms with Crippen LogP contribution >= 0.6 is 7.77 Å². The Morgan fingerprint density at radius 2 is 1.09 bits per heavy atom. The minimum Gasteiger partial charge on any atom is -0.625 e. The highest BCUT2D eigenvalue weighted by Crippen LogP contribution is 2.26. The van der Waals surface area contributed by atoms with E-state index in [1.54, 1.807) is 0 Å². The maximum absolute atomic E-state index is 13.5. The molecule has 0 bridgehead atoms. The lowest BCUT2D eigenvalue weighted by molar-refractivity contribution is -0.149. The summed E-state index contributed by atoms with van der Waals surface area (Å²) in [7, 11) is -1.67. The molecule has 1 nitrogen and oxygen atoms in total. The first-order chi connectivity index (χ1) is 11.2. The first kappa shape index (κ1) is 15.7. The van der Waals surface area contributed by atoms with Crippen molar-refractivity contribution in [2.75, 3.05) is 0 Å². The number of benzene rings is 3. The topological polar surface area (TPSA) is 23.1 Å². The molecule has 0 aliphatic carbocycles. The summed E-state index contributed by atoms with van der Waals surface area (Å²) < 4.78 is 0. The lowest BCUT2D eigenvalue weighted by Gasteiger charge is -2.12. The van der Waals surface area contributed by atoms with Crippen LogP contribution in [0.5, 0.6) is 0 Å². The van der Waals surface area contributed by atoms with E-state index in [4.69, 9.17) is 0 Å². The molecule has 3 rings (SSSR count). The Hall–Kier alpha value is -2.21. The molecule has 2 heteroatoms. The highest BCUT2D eigenvalue weighted by atomic mass is 31.1. The van der Waals surface area contributed by atoms with Crippen LogP contribution < -0.4 is 10.2 Å². The van der Waals surface area contributed by atoms with Crippen LogP contribution in [0.2, 0.25) is 0 Å². The van der Waals surface area contributed by atoms with E-state index in [2.05, 4.69) is 0 Å². The highest BCUT2D eigenvalue weighted by molar-refractivity contribution is 7.61. The molecule has 0 heterocycles. The van der Waals surface area contributed by atoms with Crippen molar-refractivity contribution in [2.24, 2.45) is 0 Å². The van der Waals surface area contributed by atoms with E-state index in [0.717, 1.165) is 32.9 Å². The van der Waals surface area contributed by atoms with Crippen molar-refractivity contribution < 1.29 is 4.89 Å². The number of hydrogen-bond acceptors (Lipinski definition) is 1. The predicted octanol–water partition coefficient (Wildman–Crippen LogP) is 3.95. The van der Waals surface area contributed by atoms with Crippen LogP contribution in [-0.2, 0) is 0 Å². The maximum atomic E-state index is 13.5. The fourth-order valence-corrected chi connectivity index (χ4v) is 4.61. The molecule has 0 amide bonds. The third-order valence-corrected chi connectivity index (χ3v) is 5.97. The van der Waals surface area contributed by atoms with Gasteiger partial charge in [-0.05, 0) is 25.0 Å². The van der Waals surface area contributed by atoms with Crippen LogP contribution in [0.1, 0.15) is 22.3 Å². The van der Waals surface area contributed by atoms with Crippen LogP contribution in [-0.4, -0.2) is 5.29 Å². The molecule has 0 fully saturated rings. The quantitative estimate of drug-likeness (QED) is 0.671. The van der Waals surface area contributed by atoms with E-state index in [1.807, 2.05) is 92.7 Å². The van der Waals surface area contributed by atoms with Gasteiger partial charge in [0.1, 0.15) is 0 Å². The van der Waals surface area contributed by atoms with Gasteiger partial charge in [-0.25, -0.2) is 0 Å². The number of aryl methyl sites for hydroxylation is 2. The van der Waals surface area contributed by atoms with Gasteiger partial charge in [-0.15, -0.1) is 0 Å². The molecule has 0 saturated heterocycles. The Bertz CT molecular complexity index is 774. The third-order valence-electron chi connectivity index (χ3n) is 3.94. The van der Waals surface area contributed by atoms with Crippen LogP contribution in [0.15, 0.2) is 78.9 Å². The maximum Gasteiger partial charge on any atom is 0.159 e. The van der Waals surface area contributed by atoms with Crippen molar-refractivity contribution in [1.29, 1.82) is 0 Å². The van der Waals surface area contributed by atoms with Gasteiger partial charge in [-0.2, -0.15) is 0 Å². The second-order valence-electron chi connectivity index (χ2n) is 5.62. The second kappa shape index (κ2) is 6.91. The monoisotopic (exact) mass is 318 g/mol. The molecule has 0 N–H and O–H groups in total. The Balaban J connectivity index is 2.31. The summed E-state index contributed by atoms with van der Waals surface area (Å²) in [6.07, 6.45) is 0. The van der Waals surface area contributed by atoms with E-state index in [1.165, 1.54) is 0 Å². The first-order valence-electron chi connectivity index (χ1n) is 7.70. The second-order valence-corrected chi connectivity index (χ2v) is 7.10. The Morgan fingerprint density at radius 1 is 0.652 bits per heavy atom. The van der Waals surface area contributed by atoms with Gasteiger partial charge in [0.2, 0.25) is 0 Å². The average Bonchev–Trinajstić information content (AvgIpc) is 2.57. The van der Waals surface area contributed by atoms with Crippen molar-refractivity contribution in [1.82, 2.24) is 0 Å². The van der Waals surface area contributed by atoms with E-state index in [-0.39, 0.29) is 0 Å². The van der Waals surface area contributed by atoms with Gasteiger partial charge >= 0.3 is 0 Å². The van der Waals surface area contributed by atoms with Gasteiger partial charge in [0.05, 0.1) is 7.77 Å². The van der Waals surface area contributed by atoms with Crippen molar-refractivity contribution in [3.63, 3.8) is 0 Å². The zero-order valence-corrected chi connectivity index (χ0v) is 14.3. The minimum atomic E-state index is -1.67. The zero-order chi connectivity index (χ0) is 16.2. The molecular formula is C21H19OP. The average molecular weight is 318 g/mol. The molecule has 0 radical (unpaired) electrons. The molecule has 0 aliphatic rings. The Kier molecular flexibility index (Phi) is 4.71. The molecular weight excluding hydrogens is 299 g/mol. The van der Waals surface area contributed by atoms with Crippen molar-refractivity contribution >= 4 is 18.4 Å². The summed E-state index contributed by atoms with van der Waals surface area (Å²) in [6, 6.07) is 26.1. The molecule has 0 saturated carbocycles. The molecule has 114 valence electrons. The number of rotatable bonds is 3. The Labute approximate surface area is 138 Å². The van der Waals surface area contributed by atoms with E-state index >= 15 is 0 Å². The zero-order valence-electron chi connectivity index (χ0n) is 13.4. The van der Waals surface area contributed by atoms with E-state index in [0.29, 0.717) is 0 Å². The lowest BCUT2D eigenvalue weighted by atomic mass is 10.1. The minimum absolute atomic E-state index is 0.901. The molecule has 3 aromatic rings. The van der Waals surface area contributed by atoms with Gasteiger partial charge in [0.15, 0.2) is 10.6 Å². The summed E-state index contributed by atoms with van der Waals surface area (Å²) in [5, 5.41) is 1.85. The highest BCUT2D eigenvalue weighted by Gasteiger charge is 2.20. The molecule has 23 heavy (non-hydrogen) atoms. The number of hydrogen-bond donors (Lipinski definition) is 0. The standard InChI is InChI=1S/C21H19OP/c1-16-10-9-11-17(2)20(16)23(22)21(18-12-5-3-6-13-18)19-14-7-4-8-15-19/h3-15H,1-2H3. The molecule has 0 aromatic heterocycles. The van der Waals surface area contributed by atoms with Crippen LogP contribution in [0.3, 0.4) is 0 Å².